The Bertz CT molecular complexity index is 897. The van der Waals surface area contributed by atoms with Crippen LogP contribution < -0.4 is 10.2 Å². The normalized spacial score (nSPS) is 19.7. The van der Waals surface area contributed by atoms with E-state index in [-0.39, 0.29) is 11.8 Å². The summed E-state index contributed by atoms with van der Waals surface area (Å²) in [5.74, 6) is 1.86. The van der Waals surface area contributed by atoms with Crippen LogP contribution in [-0.4, -0.2) is 72.2 Å². The fraction of sp³-hybridized carbons (Fsp3) is 0.545. The predicted octanol–water partition coefficient (Wildman–Crippen LogP) is 2.53. The van der Waals surface area contributed by atoms with Crippen molar-refractivity contribution in [2.45, 2.75) is 38.1 Å². The molecule has 0 aromatic carbocycles. The molecule has 2 fully saturated rings. The molecule has 0 spiro atoms. The Morgan fingerprint density at radius 3 is 2.73 bits per heavy atom. The number of nitrogens with one attached hydrogen (secondary N) is 1. The molecule has 0 radical (unpaired) electrons. The number of carbonyl (C=O) groups is 1. The lowest BCUT2D eigenvalue weighted by molar-refractivity contribution is -0.127. The first-order valence-electron chi connectivity index (χ1n) is 10.6. The molecule has 1 atom stereocenters. The minimum Gasteiger partial charge on any atom is -0.381 e. The van der Waals surface area contributed by atoms with Gasteiger partial charge in [0.1, 0.15) is 5.82 Å². The zero-order valence-corrected chi connectivity index (χ0v) is 18.0. The zero-order chi connectivity index (χ0) is 21.1. The highest BCUT2D eigenvalue weighted by Crippen LogP contribution is 2.34. The second-order valence-corrected chi connectivity index (χ2v) is 8.27. The third-order valence-electron chi connectivity index (χ3n) is 5.87. The largest absolute Gasteiger partial charge is 0.381 e. The van der Waals surface area contributed by atoms with Crippen LogP contribution in [0.25, 0.3) is 11.1 Å². The summed E-state index contributed by atoms with van der Waals surface area (Å²) in [6.45, 7) is 4.68. The lowest BCUT2D eigenvalue weighted by atomic mass is 9.96. The monoisotopic (exact) mass is 410 g/mol. The summed E-state index contributed by atoms with van der Waals surface area (Å²) >= 11 is 0. The summed E-state index contributed by atoms with van der Waals surface area (Å²) in [5.41, 5.74) is 3.05. The van der Waals surface area contributed by atoms with Crippen LogP contribution in [0.3, 0.4) is 0 Å². The summed E-state index contributed by atoms with van der Waals surface area (Å²) in [4.78, 5) is 29.6. The molecule has 0 unspecified atom stereocenters. The Morgan fingerprint density at radius 1 is 1.23 bits per heavy atom. The fourth-order valence-electron chi connectivity index (χ4n) is 4.13. The van der Waals surface area contributed by atoms with E-state index in [0.29, 0.717) is 18.5 Å². The standard InChI is InChI=1S/C22H30N6O2/c1-15(29)28-9-5-17(14-28)21-19(13-24-22(26-21)27(2)3)16-4-8-23-20(12-16)25-18-6-10-30-11-7-18/h4,8,12-13,17-18H,5-7,9-11,14H2,1-3H3,(H,23,25)/t17-/m0/s1. The van der Waals surface area contributed by atoms with Crippen LogP contribution in [0.1, 0.15) is 37.8 Å². The lowest BCUT2D eigenvalue weighted by Crippen LogP contribution is -2.28. The van der Waals surface area contributed by atoms with Gasteiger partial charge in [0.2, 0.25) is 11.9 Å². The van der Waals surface area contributed by atoms with Crippen molar-refractivity contribution in [3.8, 4) is 11.1 Å². The first-order chi connectivity index (χ1) is 14.5. The van der Waals surface area contributed by atoms with Crippen LogP contribution in [0.2, 0.25) is 0 Å². The molecule has 0 bridgehead atoms. The van der Waals surface area contributed by atoms with Crippen LogP contribution >= 0.6 is 0 Å². The maximum atomic E-state index is 11.8. The molecule has 30 heavy (non-hydrogen) atoms. The Labute approximate surface area is 177 Å². The molecule has 4 heterocycles. The second-order valence-electron chi connectivity index (χ2n) is 8.27. The van der Waals surface area contributed by atoms with Crippen LogP contribution in [0, 0.1) is 0 Å². The third kappa shape index (κ3) is 4.53. The smallest absolute Gasteiger partial charge is 0.225 e. The summed E-state index contributed by atoms with van der Waals surface area (Å²) in [6.07, 6.45) is 6.62. The number of rotatable bonds is 5. The van der Waals surface area contributed by atoms with E-state index in [1.807, 2.05) is 42.4 Å². The Kier molecular flexibility index (Phi) is 6.13. The molecule has 8 heteroatoms. The minimum atomic E-state index is 0.118. The molecular formula is C22H30N6O2. The molecule has 8 nitrogen and oxygen atoms in total. The molecule has 2 aromatic heterocycles. The van der Waals surface area contributed by atoms with E-state index in [9.17, 15) is 4.79 Å². The van der Waals surface area contributed by atoms with Crippen LogP contribution in [0.5, 0.6) is 0 Å². The van der Waals surface area contributed by atoms with E-state index in [0.717, 1.165) is 61.7 Å². The SMILES string of the molecule is CC(=O)N1CC[C@H](c2nc(N(C)C)ncc2-c2ccnc(NC3CCOCC3)c2)C1. The van der Waals surface area contributed by atoms with Gasteiger partial charge in [-0.05, 0) is 37.0 Å². The van der Waals surface area contributed by atoms with Gasteiger partial charge < -0.3 is 19.9 Å². The highest BCUT2D eigenvalue weighted by atomic mass is 16.5. The van der Waals surface area contributed by atoms with Crippen molar-refractivity contribution < 1.29 is 9.53 Å². The van der Waals surface area contributed by atoms with Gasteiger partial charge in [0.05, 0.1) is 5.69 Å². The molecule has 1 amide bonds. The van der Waals surface area contributed by atoms with Gasteiger partial charge in [-0.25, -0.2) is 15.0 Å². The number of pyridine rings is 1. The maximum Gasteiger partial charge on any atom is 0.225 e. The van der Waals surface area contributed by atoms with E-state index in [1.54, 1.807) is 6.92 Å². The zero-order valence-electron chi connectivity index (χ0n) is 18.0. The predicted molar refractivity (Wildman–Crippen MR) is 117 cm³/mol. The molecular weight excluding hydrogens is 380 g/mol. The van der Waals surface area contributed by atoms with Gasteiger partial charge in [-0.3, -0.25) is 4.79 Å². The minimum absolute atomic E-state index is 0.118. The van der Waals surface area contributed by atoms with E-state index >= 15 is 0 Å². The van der Waals surface area contributed by atoms with Crippen molar-refractivity contribution >= 4 is 17.7 Å². The first kappa shape index (κ1) is 20.5. The van der Waals surface area contributed by atoms with E-state index in [4.69, 9.17) is 9.72 Å². The number of nitrogens with zero attached hydrogens (tertiary/aromatic N) is 5. The average Bonchev–Trinajstić information content (AvgIpc) is 3.25. The maximum absolute atomic E-state index is 11.8. The Hall–Kier alpha value is -2.74. The molecule has 2 aliphatic rings. The summed E-state index contributed by atoms with van der Waals surface area (Å²) in [7, 11) is 3.88. The molecule has 0 aliphatic carbocycles. The average molecular weight is 411 g/mol. The second kappa shape index (κ2) is 8.95. The summed E-state index contributed by atoms with van der Waals surface area (Å²) in [6, 6.07) is 4.46. The van der Waals surface area contributed by atoms with Crippen molar-refractivity contribution in [1.82, 2.24) is 19.9 Å². The number of amides is 1. The van der Waals surface area contributed by atoms with Gasteiger partial charge in [-0.15, -0.1) is 0 Å². The van der Waals surface area contributed by atoms with Crippen LogP contribution in [0.15, 0.2) is 24.5 Å². The highest BCUT2D eigenvalue weighted by molar-refractivity contribution is 5.74. The van der Waals surface area contributed by atoms with Crippen molar-refractivity contribution in [1.29, 1.82) is 0 Å². The Balaban J connectivity index is 1.64. The molecule has 2 saturated heterocycles. The lowest BCUT2D eigenvalue weighted by Gasteiger charge is -2.24. The quantitative estimate of drug-likeness (QED) is 0.811. The van der Waals surface area contributed by atoms with E-state index < -0.39 is 0 Å². The molecule has 1 N–H and O–H groups in total. The van der Waals surface area contributed by atoms with Crippen LogP contribution in [0.4, 0.5) is 11.8 Å². The third-order valence-corrected chi connectivity index (χ3v) is 5.87. The van der Waals surface area contributed by atoms with Crippen molar-refractivity contribution in [2.75, 3.05) is 50.6 Å². The van der Waals surface area contributed by atoms with Gasteiger partial charge in [0.25, 0.3) is 0 Å². The van der Waals surface area contributed by atoms with E-state index in [1.165, 1.54) is 0 Å². The first-order valence-corrected chi connectivity index (χ1v) is 10.6. The van der Waals surface area contributed by atoms with Crippen molar-refractivity contribution in [3.63, 3.8) is 0 Å². The number of aromatic nitrogens is 3. The molecule has 0 saturated carbocycles. The van der Waals surface area contributed by atoms with Gasteiger partial charge in [0, 0.05) is 77.2 Å². The number of carbonyl (C=O) groups excluding carboxylic acids is 1. The number of anilines is 2. The summed E-state index contributed by atoms with van der Waals surface area (Å²) in [5, 5.41) is 3.54. The van der Waals surface area contributed by atoms with Gasteiger partial charge >= 0.3 is 0 Å². The van der Waals surface area contributed by atoms with E-state index in [2.05, 4.69) is 21.4 Å². The van der Waals surface area contributed by atoms with Gasteiger partial charge in [0.15, 0.2) is 0 Å². The molecule has 160 valence electrons. The number of ether oxygens (including phenoxy) is 1. The van der Waals surface area contributed by atoms with Crippen molar-refractivity contribution in [2.24, 2.45) is 0 Å². The van der Waals surface area contributed by atoms with Gasteiger partial charge in [-0.1, -0.05) is 0 Å². The topological polar surface area (TPSA) is 83.5 Å². The molecule has 2 aromatic rings. The van der Waals surface area contributed by atoms with Crippen molar-refractivity contribution in [3.05, 3.63) is 30.2 Å². The van der Waals surface area contributed by atoms with Crippen LogP contribution in [-0.2, 0) is 9.53 Å². The summed E-state index contributed by atoms with van der Waals surface area (Å²) < 4.78 is 5.45. The molecule has 2 aliphatic heterocycles. The molecule has 4 rings (SSSR count). The fourth-order valence-corrected chi connectivity index (χ4v) is 4.13. The highest BCUT2D eigenvalue weighted by Gasteiger charge is 2.29. The number of hydrogen-bond acceptors (Lipinski definition) is 7. The van der Waals surface area contributed by atoms with Gasteiger partial charge in [-0.2, -0.15) is 0 Å². The number of likely N-dealkylation sites (tertiary alicyclic amines) is 1. The number of hydrogen-bond donors (Lipinski definition) is 1. The Morgan fingerprint density at radius 2 is 2.03 bits per heavy atom.